The number of rotatable bonds is 6. The lowest BCUT2D eigenvalue weighted by molar-refractivity contribution is -0.116. The Morgan fingerprint density at radius 1 is 1.36 bits per heavy atom. The van der Waals surface area contributed by atoms with Crippen molar-refractivity contribution in [3.63, 3.8) is 0 Å². The van der Waals surface area contributed by atoms with Gasteiger partial charge < -0.3 is 9.88 Å². The third-order valence-electron chi connectivity index (χ3n) is 4.69. The maximum atomic E-state index is 11.9. The molecule has 2 N–H and O–H groups in total. The van der Waals surface area contributed by atoms with E-state index in [4.69, 9.17) is 0 Å². The highest BCUT2D eigenvalue weighted by molar-refractivity contribution is 5.88. The van der Waals surface area contributed by atoms with Crippen LogP contribution in [0.3, 0.4) is 0 Å². The molecule has 0 saturated carbocycles. The van der Waals surface area contributed by atoms with Crippen molar-refractivity contribution >= 4 is 11.9 Å². The molecule has 2 aromatic heterocycles. The van der Waals surface area contributed by atoms with Crippen LogP contribution in [0, 0.1) is 0 Å². The summed E-state index contributed by atoms with van der Waals surface area (Å²) in [5, 5.41) is 2.71. The van der Waals surface area contributed by atoms with E-state index in [0.717, 1.165) is 17.9 Å². The molecule has 134 valence electrons. The molecule has 1 aliphatic rings. The first-order valence-electron chi connectivity index (χ1n) is 8.96. The number of hydrogen-bond donors (Lipinski definition) is 2. The number of H-pyrrole nitrogens is 1. The van der Waals surface area contributed by atoms with Gasteiger partial charge in [0.15, 0.2) is 0 Å². The molecule has 0 radical (unpaired) electrons. The molecule has 1 saturated heterocycles. The normalized spacial score (nSPS) is 18.4. The number of nitrogens with one attached hydrogen (secondary N) is 2. The SMILES string of the molecule is CC(C)N1CCCC(c2cnc(CCC(=O)Nc3ncc[nH]3)cn2)C1. The Kier molecular flexibility index (Phi) is 5.75. The minimum atomic E-state index is -0.0827. The fourth-order valence-electron chi connectivity index (χ4n) is 3.19. The van der Waals surface area contributed by atoms with E-state index in [-0.39, 0.29) is 5.91 Å². The van der Waals surface area contributed by atoms with Gasteiger partial charge >= 0.3 is 0 Å². The van der Waals surface area contributed by atoms with Crippen LogP contribution in [0.25, 0.3) is 0 Å². The summed E-state index contributed by atoms with van der Waals surface area (Å²) in [6.07, 6.45) is 10.3. The van der Waals surface area contributed by atoms with Crippen LogP contribution in [-0.4, -0.2) is 49.9 Å². The number of aryl methyl sites for hydroxylation is 1. The second kappa shape index (κ2) is 8.20. The van der Waals surface area contributed by atoms with Crippen molar-refractivity contribution in [2.45, 2.75) is 51.5 Å². The Bertz CT molecular complexity index is 667. The van der Waals surface area contributed by atoms with E-state index < -0.39 is 0 Å². The van der Waals surface area contributed by atoms with Gasteiger partial charge in [-0.05, 0) is 39.7 Å². The molecule has 7 heteroatoms. The highest BCUT2D eigenvalue weighted by Crippen LogP contribution is 2.26. The number of piperidine rings is 1. The Balaban J connectivity index is 1.51. The molecule has 1 atom stereocenters. The topological polar surface area (TPSA) is 86.8 Å². The second-order valence-corrected chi connectivity index (χ2v) is 6.85. The van der Waals surface area contributed by atoms with Gasteiger partial charge in [-0.25, -0.2) is 4.98 Å². The fraction of sp³-hybridized carbons (Fsp3) is 0.556. The lowest BCUT2D eigenvalue weighted by Crippen LogP contribution is -2.39. The smallest absolute Gasteiger partial charge is 0.227 e. The lowest BCUT2D eigenvalue weighted by Gasteiger charge is -2.35. The average Bonchev–Trinajstić information content (AvgIpc) is 3.13. The Hall–Kier alpha value is -2.28. The number of amides is 1. The number of likely N-dealkylation sites (tertiary alicyclic amines) is 1. The van der Waals surface area contributed by atoms with Crippen molar-refractivity contribution in [2.24, 2.45) is 0 Å². The number of hydrogen-bond acceptors (Lipinski definition) is 5. The molecular formula is C18H26N6O. The number of nitrogens with zero attached hydrogens (tertiary/aromatic N) is 4. The predicted octanol–water partition coefficient (Wildman–Crippen LogP) is 2.36. The summed E-state index contributed by atoms with van der Waals surface area (Å²) in [5.74, 6) is 0.846. The first kappa shape index (κ1) is 17.5. The molecule has 3 heterocycles. The summed E-state index contributed by atoms with van der Waals surface area (Å²) in [4.78, 5) is 30.3. The van der Waals surface area contributed by atoms with Crippen LogP contribution in [0.5, 0.6) is 0 Å². The number of aromatic amines is 1. The first-order chi connectivity index (χ1) is 12.1. The van der Waals surface area contributed by atoms with E-state index in [2.05, 4.69) is 44.0 Å². The summed E-state index contributed by atoms with van der Waals surface area (Å²) in [6.45, 7) is 6.71. The van der Waals surface area contributed by atoms with E-state index in [1.807, 2.05) is 12.4 Å². The summed E-state index contributed by atoms with van der Waals surface area (Å²) in [5.41, 5.74) is 1.91. The summed E-state index contributed by atoms with van der Waals surface area (Å²) < 4.78 is 0. The number of imidazole rings is 1. The molecule has 1 aliphatic heterocycles. The zero-order valence-corrected chi connectivity index (χ0v) is 14.9. The molecular weight excluding hydrogens is 316 g/mol. The van der Waals surface area contributed by atoms with Crippen molar-refractivity contribution in [3.05, 3.63) is 36.2 Å². The van der Waals surface area contributed by atoms with Crippen LogP contribution in [0.2, 0.25) is 0 Å². The number of anilines is 1. The third-order valence-corrected chi connectivity index (χ3v) is 4.69. The monoisotopic (exact) mass is 342 g/mol. The van der Waals surface area contributed by atoms with Gasteiger partial charge in [0, 0.05) is 49.7 Å². The van der Waals surface area contributed by atoms with Crippen LogP contribution in [0.4, 0.5) is 5.95 Å². The lowest BCUT2D eigenvalue weighted by atomic mass is 9.94. The second-order valence-electron chi connectivity index (χ2n) is 6.85. The van der Waals surface area contributed by atoms with Crippen molar-refractivity contribution in [1.82, 2.24) is 24.8 Å². The molecule has 0 spiro atoms. The van der Waals surface area contributed by atoms with Gasteiger partial charge in [0.05, 0.1) is 11.4 Å². The summed E-state index contributed by atoms with van der Waals surface area (Å²) in [6, 6.07) is 0.572. The first-order valence-corrected chi connectivity index (χ1v) is 8.96. The number of carbonyl (C=O) groups excluding carboxylic acids is 1. The van der Waals surface area contributed by atoms with Crippen LogP contribution in [0.15, 0.2) is 24.8 Å². The van der Waals surface area contributed by atoms with Crippen LogP contribution in [0.1, 0.15) is 50.4 Å². The van der Waals surface area contributed by atoms with Crippen LogP contribution >= 0.6 is 0 Å². The largest absolute Gasteiger partial charge is 0.331 e. The van der Waals surface area contributed by atoms with Gasteiger partial charge in [-0.2, -0.15) is 0 Å². The van der Waals surface area contributed by atoms with Gasteiger partial charge in [0.2, 0.25) is 11.9 Å². The van der Waals surface area contributed by atoms with Gasteiger partial charge in [-0.1, -0.05) is 0 Å². The standard InChI is InChI=1S/C18H26N6O/c1-13(2)24-9-3-4-14(12-24)16-11-21-15(10-22-16)5-6-17(25)23-18-19-7-8-20-18/h7-8,10-11,13-14H,3-6,9,12H2,1-2H3,(H2,19,20,23,25). The molecule has 1 unspecified atom stereocenters. The number of aromatic nitrogens is 4. The maximum absolute atomic E-state index is 11.9. The van der Waals surface area contributed by atoms with Crippen molar-refractivity contribution in [3.8, 4) is 0 Å². The summed E-state index contributed by atoms with van der Waals surface area (Å²) >= 11 is 0. The molecule has 1 fully saturated rings. The minimum Gasteiger partial charge on any atom is -0.331 e. The Labute approximate surface area is 148 Å². The Morgan fingerprint density at radius 2 is 2.24 bits per heavy atom. The van der Waals surface area contributed by atoms with Gasteiger partial charge in [0.25, 0.3) is 0 Å². The van der Waals surface area contributed by atoms with E-state index in [1.54, 1.807) is 12.4 Å². The number of carbonyl (C=O) groups is 1. The van der Waals surface area contributed by atoms with Crippen molar-refractivity contribution < 1.29 is 4.79 Å². The van der Waals surface area contributed by atoms with Crippen LogP contribution < -0.4 is 5.32 Å². The highest BCUT2D eigenvalue weighted by Gasteiger charge is 2.24. The van der Waals surface area contributed by atoms with E-state index >= 15 is 0 Å². The summed E-state index contributed by atoms with van der Waals surface area (Å²) in [7, 11) is 0. The maximum Gasteiger partial charge on any atom is 0.227 e. The zero-order valence-electron chi connectivity index (χ0n) is 14.9. The molecule has 0 aliphatic carbocycles. The zero-order chi connectivity index (χ0) is 17.6. The molecule has 1 amide bonds. The molecule has 3 rings (SSSR count). The molecule has 7 nitrogen and oxygen atoms in total. The molecule has 0 aromatic carbocycles. The predicted molar refractivity (Wildman–Crippen MR) is 96.3 cm³/mol. The van der Waals surface area contributed by atoms with Crippen LogP contribution in [-0.2, 0) is 11.2 Å². The molecule has 2 aromatic rings. The van der Waals surface area contributed by atoms with Gasteiger partial charge in [-0.15, -0.1) is 0 Å². The average molecular weight is 342 g/mol. The molecule has 0 bridgehead atoms. The minimum absolute atomic E-state index is 0.0827. The van der Waals surface area contributed by atoms with E-state index in [1.165, 1.54) is 19.4 Å². The van der Waals surface area contributed by atoms with Crippen molar-refractivity contribution in [2.75, 3.05) is 18.4 Å². The fourth-order valence-corrected chi connectivity index (χ4v) is 3.19. The molecule has 25 heavy (non-hydrogen) atoms. The third kappa shape index (κ3) is 4.85. The van der Waals surface area contributed by atoms with Crippen molar-refractivity contribution in [1.29, 1.82) is 0 Å². The van der Waals surface area contributed by atoms with E-state index in [0.29, 0.717) is 30.7 Å². The van der Waals surface area contributed by atoms with Gasteiger partial charge in [0.1, 0.15) is 0 Å². The quantitative estimate of drug-likeness (QED) is 0.841. The van der Waals surface area contributed by atoms with Gasteiger partial charge in [-0.3, -0.25) is 20.1 Å². The highest BCUT2D eigenvalue weighted by atomic mass is 16.1. The Morgan fingerprint density at radius 3 is 2.92 bits per heavy atom. The van der Waals surface area contributed by atoms with E-state index in [9.17, 15) is 4.79 Å².